The van der Waals surface area contributed by atoms with E-state index in [1.807, 2.05) is 24.3 Å². The molecule has 0 aromatic heterocycles. The number of hydrogen-bond donors (Lipinski definition) is 2. The van der Waals surface area contributed by atoms with E-state index in [1.54, 1.807) is 30.5 Å². The Kier molecular flexibility index (Phi) is 13.0. The average molecular weight is 647 g/mol. The average Bonchev–Trinajstić information content (AvgIpc) is 2.96. The number of halogens is 2. The normalized spacial score (nSPS) is 10.4. The number of aromatic hydroxyl groups is 1. The van der Waals surface area contributed by atoms with E-state index in [4.69, 9.17) is 25.1 Å². The monoisotopic (exact) mass is 646 g/mol. The van der Waals surface area contributed by atoms with E-state index in [0.29, 0.717) is 16.9 Å². The zero-order chi connectivity index (χ0) is 27.0. The van der Waals surface area contributed by atoms with Gasteiger partial charge in [0.05, 0.1) is 11.4 Å². The van der Waals surface area contributed by atoms with Gasteiger partial charge >= 0.3 is 34.5 Å². The Morgan fingerprint density at radius 1 is 0.605 bits per heavy atom. The second-order valence-electron chi connectivity index (χ2n) is 7.77. The summed E-state index contributed by atoms with van der Waals surface area (Å²) in [6.45, 7) is 0. The van der Waals surface area contributed by atoms with Crippen molar-refractivity contribution in [2.45, 2.75) is 0 Å². The molecule has 0 atom stereocenters. The van der Waals surface area contributed by atoms with Crippen molar-refractivity contribution >= 4 is 60.8 Å². The van der Waals surface area contributed by atoms with Gasteiger partial charge in [-0.2, -0.15) is 0 Å². The number of hydrogen-bond acceptors (Lipinski definition) is 3. The predicted octanol–water partition coefficient (Wildman–Crippen LogP) is 7.55. The summed E-state index contributed by atoms with van der Waals surface area (Å²) in [6.07, 6.45) is 1.60. The second-order valence-corrected chi connectivity index (χ2v) is 12.6. The zero-order valence-corrected chi connectivity index (χ0v) is 24.5. The molecular weight excluding hydrogens is 619 g/mol. The van der Waals surface area contributed by atoms with Gasteiger partial charge in [0, 0.05) is 11.8 Å². The summed E-state index contributed by atoms with van der Waals surface area (Å²) < 4.78 is 0. The van der Waals surface area contributed by atoms with Gasteiger partial charge in [-0.1, -0.05) is 115 Å². The minimum atomic E-state index is -0.446. The van der Waals surface area contributed by atoms with Gasteiger partial charge in [-0.3, -0.25) is 4.99 Å². The van der Waals surface area contributed by atoms with E-state index in [-0.39, 0.29) is 20.9 Å². The number of nitrogens with two attached hydrogens (primary N) is 1. The van der Waals surface area contributed by atoms with Gasteiger partial charge in [-0.25, -0.2) is 0 Å². The van der Waals surface area contributed by atoms with Crippen LogP contribution >= 0.6 is 27.3 Å². The van der Waals surface area contributed by atoms with Crippen LogP contribution in [0, 0.1) is 0 Å². The molecule has 0 fully saturated rings. The largest absolute Gasteiger partial charge is 0.0622 e. The molecule has 194 valence electrons. The summed E-state index contributed by atoms with van der Waals surface area (Å²) in [5, 5.41) is 13.7. The molecule has 38 heavy (non-hydrogen) atoms. The maximum Gasteiger partial charge on any atom is -0.0134 e. The Morgan fingerprint density at radius 3 is 1.45 bits per heavy atom. The SMILES string of the molecule is Nc1ccccc1N=Cc1ccccc1O.[Cl][Ru][Cl].c1ccc(P(c2ccccc2)c2ccccc2)cc1. The second kappa shape index (κ2) is 16.8. The van der Waals surface area contributed by atoms with Gasteiger partial charge in [0.1, 0.15) is 5.75 Å². The first kappa shape index (κ1) is 29.6. The van der Waals surface area contributed by atoms with Crippen molar-refractivity contribution in [3.8, 4) is 5.75 Å². The molecule has 0 radical (unpaired) electrons. The summed E-state index contributed by atoms with van der Waals surface area (Å²) in [5.41, 5.74) is 7.74. The smallest absolute Gasteiger partial charge is 0.0134 e. The Bertz CT molecular complexity index is 1250. The predicted molar refractivity (Wildman–Crippen MR) is 163 cm³/mol. The molecule has 0 aliphatic heterocycles. The number of phenolic OH excluding ortho intramolecular Hbond substituents is 1. The van der Waals surface area contributed by atoms with Crippen molar-refractivity contribution in [1.82, 2.24) is 0 Å². The Morgan fingerprint density at radius 2 is 1.00 bits per heavy atom. The number of rotatable bonds is 5. The van der Waals surface area contributed by atoms with Crippen LogP contribution in [-0.2, 0) is 15.1 Å². The van der Waals surface area contributed by atoms with Crippen LogP contribution in [0.5, 0.6) is 5.75 Å². The standard InChI is InChI=1S/C18H15P.C13H12N2O.2ClH.Ru/c1-4-10-16(11-5-1)19(17-12-6-2-7-13-17)18-14-8-3-9-15-18;14-11-6-2-3-7-12(11)15-9-10-5-1-4-8-13(10)16;;;/h1-15H;1-9,16H,14H2;2*1H;/q;;;;+2/p-2. The van der Waals surface area contributed by atoms with Crippen molar-refractivity contribution in [2.75, 3.05) is 5.73 Å². The van der Waals surface area contributed by atoms with E-state index in [1.165, 1.54) is 15.9 Å². The van der Waals surface area contributed by atoms with E-state index < -0.39 is 7.92 Å². The van der Waals surface area contributed by atoms with Gasteiger partial charge in [-0.05, 0) is 48.1 Å². The molecule has 3 N–H and O–H groups in total. The molecule has 5 aromatic rings. The maximum absolute atomic E-state index is 9.54. The third-order valence-corrected chi connectivity index (χ3v) is 7.70. The van der Waals surface area contributed by atoms with Crippen molar-refractivity contribution in [1.29, 1.82) is 0 Å². The van der Waals surface area contributed by atoms with Crippen LogP contribution in [-0.4, -0.2) is 11.3 Å². The van der Waals surface area contributed by atoms with Crippen LogP contribution in [0.2, 0.25) is 0 Å². The minimum absolute atomic E-state index is 0.209. The molecule has 5 rings (SSSR count). The third kappa shape index (κ3) is 9.39. The molecule has 0 saturated carbocycles. The Hall–Kier alpha value is -3.00. The molecule has 0 unspecified atom stereocenters. The van der Waals surface area contributed by atoms with Gasteiger partial charge in [-0.15, -0.1) is 0 Å². The quantitative estimate of drug-likeness (QED) is 0.0898. The molecule has 0 bridgehead atoms. The van der Waals surface area contributed by atoms with E-state index >= 15 is 0 Å². The summed E-state index contributed by atoms with van der Waals surface area (Å²) in [7, 11) is 9.26. The zero-order valence-electron chi connectivity index (χ0n) is 20.4. The van der Waals surface area contributed by atoms with Crippen LogP contribution in [0.15, 0.2) is 145 Å². The number of nitrogens with zero attached hydrogens (tertiary/aromatic N) is 1. The molecule has 0 heterocycles. The van der Waals surface area contributed by atoms with E-state index in [2.05, 4.69) is 96.0 Å². The minimum Gasteiger partial charge on any atom is -0.0622 e. The van der Waals surface area contributed by atoms with Crippen LogP contribution in [0.1, 0.15) is 5.56 Å². The fraction of sp³-hybridized carbons (Fsp3) is 0. The van der Waals surface area contributed by atoms with Crippen molar-refractivity contribution in [3.63, 3.8) is 0 Å². The molecule has 0 aliphatic rings. The van der Waals surface area contributed by atoms with E-state index in [9.17, 15) is 5.11 Å². The molecule has 0 amide bonds. The number of anilines is 1. The summed E-state index contributed by atoms with van der Waals surface area (Å²) in [5.74, 6) is 0.209. The fourth-order valence-corrected chi connectivity index (χ4v) is 5.82. The molecule has 0 saturated heterocycles. The van der Waals surface area contributed by atoms with Gasteiger partial charge in [0.2, 0.25) is 0 Å². The Labute approximate surface area is 241 Å². The van der Waals surface area contributed by atoms with Crippen LogP contribution in [0.25, 0.3) is 0 Å². The first-order valence-corrected chi connectivity index (χ1v) is 17.4. The van der Waals surface area contributed by atoms with E-state index in [0.717, 1.165) is 0 Å². The van der Waals surface area contributed by atoms with Crippen LogP contribution in [0.4, 0.5) is 11.4 Å². The van der Waals surface area contributed by atoms with Crippen molar-refractivity contribution in [3.05, 3.63) is 145 Å². The first-order chi connectivity index (χ1) is 18.6. The van der Waals surface area contributed by atoms with Gasteiger partial charge in [0.15, 0.2) is 0 Å². The molecule has 0 aliphatic carbocycles. The van der Waals surface area contributed by atoms with Gasteiger partial charge in [0.25, 0.3) is 0 Å². The number of nitrogen functional groups attached to an aromatic ring is 1. The van der Waals surface area contributed by atoms with Crippen LogP contribution < -0.4 is 21.6 Å². The molecule has 0 spiro atoms. The first-order valence-electron chi connectivity index (χ1n) is 11.6. The summed E-state index contributed by atoms with van der Waals surface area (Å²) in [6, 6.07) is 46.7. The number of benzene rings is 5. The van der Waals surface area contributed by atoms with Crippen LogP contribution in [0.3, 0.4) is 0 Å². The number of aliphatic imine (C=N–C) groups is 1. The topological polar surface area (TPSA) is 58.6 Å². The molecule has 5 aromatic carbocycles. The Balaban J connectivity index is 0.000000194. The number of phenols is 1. The van der Waals surface area contributed by atoms with Gasteiger partial charge < -0.3 is 10.8 Å². The van der Waals surface area contributed by atoms with Crippen molar-refractivity contribution in [2.24, 2.45) is 4.99 Å². The molecule has 3 nitrogen and oxygen atoms in total. The fourth-order valence-electron chi connectivity index (χ4n) is 3.52. The summed E-state index contributed by atoms with van der Waals surface area (Å²) >= 11 is -0.346. The molecular formula is C31H27Cl2N2OPRu. The third-order valence-electron chi connectivity index (χ3n) is 5.26. The maximum atomic E-state index is 9.54. The van der Waals surface area contributed by atoms with Crippen molar-refractivity contribution < 1.29 is 20.3 Å². The number of para-hydroxylation sites is 3. The summed E-state index contributed by atoms with van der Waals surface area (Å²) in [4.78, 5) is 4.23. The molecule has 7 heteroatoms.